The molecule has 11 aliphatic rings. The summed E-state index contributed by atoms with van der Waals surface area (Å²) in [5.74, 6) is 21.7. The number of hydrogen-bond acceptors (Lipinski definition) is 4. The number of hydrogen-bond donors (Lipinski definition) is 0. The molecule has 11 rings (SSSR count). The molecule has 4 aliphatic heterocycles. The van der Waals surface area contributed by atoms with Gasteiger partial charge in [-0.2, -0.15) is 0 Å². The molecular formula is C89H175N3O2. The highest BCUT2D eigenvalue weighted by molar-refractivity contribution is 5.71. The summed E-state index contributed by atoms with van der Waals surface area (Å²) in [6.07, 6.45) is 36.9. The summed E-state index contributed by atoms with van der Waals surface area (Å²) in [7, 11) is 0. The minimum Gasteiger partial charge on any atom is -0.441 e. The van der Waals surface area contributed by atoms with Crippen LogP contribution in [0.3, 0.4) is 0 Å². The second-order valence-corrected chi connectivity index (χ2v) is 36.3. The number of rotatable bonds is 12. The molecule has 1 amide bonds. The number of carbonyl (C=O) groups is 1. The number of ether oxygens (including phenoxy) is 1. The predicted octanol–water partition coefficient (Wildman–Crippen LogP) is 27.0. The zero-order valence-corrected chi connectivity index (χ0v) is 70.1. The van der Waals surface area contributed by atoms with Crippen molar-refractivity contribution in [2.24, 2.45) is 136 Å². The van der Waals surface area contributed by atoms with Gasteiger partial charge in [-0.05, 0) is 306 Å². The zero-order valence-electron chi connectivity index (χ0n) is 70.1. The van der Waals surface area contributed by atoms with Crippen LogP contribution in [0.1, 0.15) is 363 Å². The number of allylic oxidation sites excluding steroid dienone is 2. The number of amides is 1. The minimum absolute atomic E-state index is 0.127. The summed E-state index contributed by atoms with van der Waals surface area (Å²) in [6, 6.07) is 3.43. The van der Waals surface area contributed by atoms with Gasteiger partial charge in [0.05, 0.1) is 6.54 Å². The highest BCUT2D eigenvalue weighted by Gasteiger charge is 2.57. The summed E-state index contributed by atoms with van der Waals surface area (Å²) in [5, 5.41) is 0. The van der Waals surface area contributed by atoms with E-state index in [1.54, 1.807) is 64.2 Å². The summed E-state index contributed by atoms with van der Waals surface area (Å²) in [6.45, 7) is 75.1. The summed E-state index contributed by atoms with van der Waals surface area (Å²) >= 11 is 0. The number of fused-ring (bicyclic) bond motifs is 4. The molecule has 558 valence electrons. The first-order valence-electron chi connectivity index (χ1n) is 42.5. The Morgan fingerprint density at radius 2 is 0.691 bits per heavy atom. The molecule has 0 aromatic carbocycles. The fraction of sp³-hybridized carbons (Fsp3) is 0.966. The molecule has 0 aromatic heterocycles. The van der Waals surface area contributed by atoms with Crippen LogP contribution < -0.4 is 0 Å². The molecule has 2 bridgehead atoms. The minimum atomic E-state index is -0.202. The van der Waals surface area contributed by atoms with Crippen LogP contribution in [0.4, 0.5) is 4.79 Å². The van der Waals surface area contributed by atoms with Gasteiger partial charge in [0.15, 0.2) is 0 Å². The van der Waals surface area contributed by atoms with E-state index in [0.717, 1.165) is 186 Å². The zero-order chi connectivity index (χ0) is 71.7. The number of nitrogens with zero attached hydrogens (tertiary/aromatic N) is 3. The van der Waals surface area contributed by atoms with Crippen LogP contribution >= 0.6 is 0 Å². The van der Waals surface area contributed by atoms with Gasteiger partial charge in [0.1, 0.15) is 5.60 Å². The van der Waals surface area contributed by atoms with Crippen molar-refractivity contribution in [2.75, 3.05) is 19.6 Å². The number of likely N-dealkylation sites (tertiary alicyclic amines) is 1. The van der Waals surface area contributed by atoms with Crippen molar-refractivity contribution in [3.8, 4) is 0 Å². The standard InChI is InChI=1S/C17H32.C14H26.C13H24N2O2.C13H25N.2C12H22.4C2H6/c1-13(2)15-5-9-17(10-6-15)11-7-16(8-12-17)14(3)4;1-9(2)11-5-13-7-12(10(3)4)8-14(13)6-11;1-10(2)14-7-5-13(6-8-14)9-15(11(3)4)12(16)17-13;1-9(2)11-7-12-5-6-13(8-11)14(12)10(3)4;1-7(2)9-5-10-11(6-9)12(10)8(3)4;1-9(2)11-5-7-12(8-6-11)10(3)4;4*1-2/h13-16H,5-12H2,1-4H3;9-14H,5-8H2,1-4H3;10-11H,5-9H2,1-4H3;9-13H,5-8H2,1-4H3;7-12H,5-6H2,1-4H3;5,7,9-12H,6,8H2,1-4H3;4*1-2H3. The Kier molecular flexibility index (Phi) is 41.4. The van der Waals surface area contributed by atoms with Gasteiger partial charge in [-0.15, -0.1) is 0 Å². The third kappa shape index (κ3) is 26.7. The van der Waals surface area contributed by atoms with Crippen molar-refractivity contribution in [3.63, 3.8) is 0 Å². The summed E-state index contributed by atoms with van der Waals surface area (Å²) in [4.78, 5) is 18.9. The molecule has 0 aromatic rings. The molecule has 5 nitrogen and oxygen atoms in total. The van der Waals surface area contributed by atoms with Crippen LogP contribution in [0, 0.1) is 136 Å². The Hall–Kier alpha value is -1.07. The lowest BCUT2D eigenvalue weighted by atomic mass is 9.59. The van der Waals surface area contributed by atoms with Crippen LogP contribution in [0.5, 0.6) is 0 Å². The lowest BCUT2D eigenvalue weighted by Crippen LogP contribution is -2.49. The maximum absolute atomic E-state index is 11.8. The molecule has 2 spiro atoms. The number of carbonyl (C=O) groups excluding carboxylic acids is 1. The van der Waals surface area contributed by atoms with Gasteiger partial charge in [-0.25, -0.2) is 4.79 Å². The quantitative estimate of drug-likeness (QED) is 0.183. The molecular weight excluding hydrogens is 1140 g/mol. The Bertz CT molecular complexity index is 1840. The highest BCUT2D eigenvalue weighted by atomic mass is 16.6. The molecule has 7 aliphatic carbocycles. The fourth-order valence-corrected chi connectivity index (χ4v) is 20.0. The normalized spacial score (nSPS) is 33.6. The topological polar surface area (TPSA) is 36.0 Å². The van der Waals surface area contributed by atoms with Gasteiger partial charge in [0.25, 0.3) is 0 Å². The SMILES string of the molecule is CC.CC.CC.CC.CC(C)C1C=CC(C(C)C)CC1.CC(C)C1CC2C(C1)C2C(C)C.CC(C)C1CC2CC(C(C)C)CC2C1.CC(C)C1CC2CCC(C1)N2C(C)C.CC(C)C1CCC2(CC1)CCC(C(C)C)CC2.CC(C)N1CCC2(CC1)CN(C(C)C)C(=O)O2. The van der Waals surface area contributed by atoms with Gasteiger partial charge < -0.3 is 14.5 Å². The van der Waals surface area contributed by atoms with Crippen molar-refractivity contribution in [3.05, 3.63) is 12.2 Å². The van der Waals surface area contributed by atoms with Crippen LogP contribution in [0.25, 0.3) is 0 Å². The van der Waals surface area contributed by atoms with Crippen LogP contribution in [0.2, 0.25) is 0 Å². The molecule has 5 heteroatoms. The largest absolute Gasteiger partial charge is 0.441 e. The van der Waals surface area contributed by atoms with E-state index in [9.17, 15) is 4.79 Å². The van der Waals surface area contributed by atoms with E-state index in [1.165, 1.54) is 64.2 Å². The van der Waals surface area contributed by atoms with E-state index >= 15 is 0 Å². The predicted molar refractivity (Wildman–Crippen MR) is 420 cm³/mol. The molecule has 10 fully saturated rings. The molecule has 4 heterocycles. The van der Waals surface area contributed by atoms with Crippen LogP contribution in [0.15, 0.2) is 12.2 Å². The van der Waals surface area contributed by atoms with Gasteiger partial charge in [0.2, 0.25) is 0 Å². The molecule has 0 radical (unpaired) electrons. The van der Waals surface area contributed by atoms with E-state index < -0.39 is 0 Å². The van der Waals surface area contributed by atoms with Gasteiger partial charge >= 0.3 is 6.09 Å². The Morgan fingerprint density at radius 3 is 0.957 bits per heavy atom. The molecule has 6 atom stereocenters. The van der Waals surface area contributed by atoms with Crippen LogP contribution in [-0.2, 0) is 4.74 Å². The van der Waals surface area contributed by atoms with Crippen molar-refractivity contribution in [1.82, 2.24) is 14.7 Å². The lowest BCUT2D eigenvalue weighted by Gasteiger charge is -2.46. The van der Waals surface area contributed by atoms with Crippen LogP contribution in [-0.4, -0.2) is 76.2 Å². The van der Waals surface area contributed by atoms with Gasteiger partial charge in [-0.1, -0.05) is 192 Å². The maximum atomic E-state index is 11.8. The molecule has 4 saturated heterocycles. The third-order valence-electron chi connectivity index (χ3n) is 26.9. The van der Waals surface area contributed by atoms with Gasteiger partial charge in [0, 0.05) is 56.1 Å². The molecule has 6 saturated carbocycles. The van der Waals surface area contributed by atoms with Crippen molar-refractivity contribution in [1.29, 1.82) is 0 Å². The second kappa shape index (κ2) is 43.7. The highest BCUT2D eigenvalue weighted by Crippen LogP contribution is 2.63. The van der Waals surface area contributed by atoms with E-state index in [2.05, 4.69) is 174 Å². The first kappa shape index (κ1) is 89.0. The van der Waals surface area contributed by atoms with Gasteiger partial charge in [-0.3, -0.25) is 4.90 Å². The Morgan fingerprint density at radius 1 is 0.362 bits per heavy atom. The number of piperidine rings is 2. The average Bonchev–Trinajstić information content (AvgIpc) is 1.58. The van der Waals surface area contributed by atoms with E-state index in [-0.39, 0.29) is 17.7 Å². The van der Waals surface area contributed by atoms with Crippen molar-refractivity contribution < 1.29 is 9.53 Å². The van der Waals surface area contributed by atoms with E-state index in [1.807, 2.05) is 74.1 Å². The summed E-state index contributed by atoms with van der Waals surface area (Å²) in [5.41, 5.74) is 0.587. The van der Waals surface area contributed by atoms with Crippen molar-refractivity contribution in [2.45, 2.75) is 399 Å². The summed E-state index contributed by atoms with van der Waals surface area (Å²) < 4.78 is 5.65. The van der Waals surface area contributed by atoms with Crippen molar-refractivity contribution >= 4 is 6.09 Å². The smallest absolute Gasteiger partial charge is 0.410 e. The van der Waals surface area contributed by atoms with E-state index in [0.29, 0.717) is 6.04 Å². The molecule has 0 N–H and O–H groups in total. The maximum Gasteiger partial charge on any atom is 0.410 e. The fourth-order valence-electron chi connectivity index (χ4n) is 20.0. The molecule has 94 heavy (non-hydrogen) atoms. The first-order valence-corrected chi connectivity index (χ1v) is 42.5. The monoisotopic (exact) mass is 1320 g/mol. The lowest BCUT2D eigenvalue weighted by molar-refractivity contribution is -0.00644. The molecule has 6 unspecified atom stereocenters. The Balaban J connectivity index is 0.000000377. The Labute approximate surface area is 593 Å². The average molecular weight is 1320 g/mol. The third-order valence-corrected chi connectivity index (χ3v) is 26.9. The second-order valence-electron chi connectivity index (χ2n) is 36.3. The van der Waals surface area contributed by atoms with E-state index in [4.69, 9.17) is 4.74 Å². The first-order chi connectivity index (χ1) is 44.3.